The van der Waals surface area contributed by atoms with Gasteiger partial charge in [-0.15, -0.1) is 0 Å². The summed E-state index contributed by atoms with van der Waals surface area (Å²) in [6.07, 6.45) is 16.6. The van der Waals surface area contributed by atoms with Gasteiger partial charge >= 0.3 is 5.97 Å². The van der Waals surface area contributed by atoms with Crippen molar-refractivity contribution in [2.75, 3.05) is 13.2 Å². The van der Waals surface area contributed by atoms with E-state index >= 15 is 0 Å². The second kappa shape index (κ2) is 19.5. The number of nitriles is 2. The van der Waals surface area contributed by atoms with Gasteiger partial charge < -0.3 is 14.2 Å². The number of unbranched alkanes of at least 4 members (excludes halogenated alkanes) is 12. The summed E-state index contributed by atoms with van der Waals surface area (Å²) in [4.78, 5) is 12.7. The lowest BCUT2D eigenvalue weighted by molar-refractivity contribution is 0.0734. The largest absolute Gasteiger partial charge is 0.494 e. The first-order valence-electron chi connectivity index (χ1n) is 14.7. The Morgan fingerprint density at radius 3 is 1.62 bits per heavy atom. The van der Waals surface area contributed by atoms with Gasteiger partial charge in [0, 0.05) is 0 Å². The van der Waals surface area contributed by atoms with E-state index in [1.807, 2.05) is 12.1 Å². The highest BCUT2D eigenvalue weighted by Crippen LogP contribution is 2.30. The highest BCUT2D eigenvalue weighted by Gasteiger charge is 2.19. The van der Waals surface area contributed by atoms with Gasteiger partial charge in [-0.25, -0.2) is 4.79 Å². The minimum atomic E-state index is -0.606. The number of hydrogen-bond acceptors (Lipinski definition) is 6. The molecule has 0 aliphatic rings. The molecule has 0 unspecified atom stereocenters. The maximum absolute atomic E-state index is 12.7. The van der Waals surface area contributed by atoms with E-state index < -0.39 is 5.97 Å². The molecule has 2 aromatic rings. The van der Waals surface area contributed by atoms with Gasteiger partial charge in [-0.1, -0.05) is 90.9 Å². The second-order valence-corrected chi connectivity index (χ2v) is 9.89. The van der Waals surface area contributed by atoms with E-state index in [1.54, 1.807) is 30.3 Å². The zero-order valence-electron chi connectivity index (χ0n) is 23.8. The van der Waals surface area contributed by atoms with Crippen molar-refractivity contribution in [3.05, 3.63) is 53.1 Å². The molecule has 6 nitrogen and oxygen atoms in total. The first-order chi connectivity index (χ1) is 19.1. The molecule has 0 aliphatic carbocycles. The molecule has 0 aromatic heterocycles. The molecule has 0 amide bonds. The van der Waals surface area contributed by atoms with E-state index in [9.17, 15) is 15.3 Å². The Kier molecular flexibility index (Phi) is 15.9. The van der Waals surface area contributed by atoms with E-state index in [0.717, 1.165) is 25.7 Å². The van der Waals surface area contributed by atoms with Crippen molar-refractivity contribution in [2.45, 2.75) is 104 Å². The molecule has 6 heteroatoms. The topological polar surface area (TPSA) is 92.3 Å². The van der Waals surface area contributed by atoms with Crippen LogP contribution < -0.4 is 14.2 Å². The fourth-order valence-electron chi connectivity index (χ4n) is 4.33. The van der Waals surface area contributed by atoms with E-state index in [2.05, 4.69) is 13.8 Å². The molecule has 2 rings (SSSR count). The van der Waals surface area contributed by atoms with E-state index in [-0.39, 0.29) is 16.9 Å². The molecule has 2 aromatic carbocycles. The maximum Gasteiger partial charge on any atom is 0.343 e. The molecule has 210 valence electrons. The van der Waals surface area contributed by atoms with Crippen LogP contribution in [-0.4, -0.2) is 19.2 Å². The van der Waals surface area contributed by atoms with Crippen LogP contribution in [0.1, 0.15) is 125 Å². The van der Waals surface area contributed by atoms with Gasteiger partial charge in [-0.2, -0.15) is 10.5 Å². The zero-order valence-corrected chi connectivity index (χ0v) is 23.8. The molecule has 39 heavy (non-hydrogen) atoms. The predicted molar refractivity (Wildman–Crippen MR) is 154 cm³/mol. The van der Waals surface area contributed by atoms with Crippen LogP contribution in [0.5, 0.6) is 17.2 Å². The molecule has 0 atom stereocenters. The Labute approximate surface area is 234 Å². The van der Waals surface area contributed by atoms with Crippen molar-refractivity contribution < 1.29 is 19.0 Å². The highest BCUT2D eigenvalue weighted by atomic mass is 16.5. The standard InChI is InChI=1S/C33H44N2O4/c1-3-5-7-9-11-12-14-16-24-38-31-21-22-32(30(26-35)29(31)25-34)39-33(36)27-17-19-28(20-18-27)37-23-15-13-10-8-6-4-2/h17-22H,3-16,23-24H2,1-2H3. The van der Waals surface area contributed by atoms with Crippen molar-refractivity contribution in [2.24, 2.45) is 0 Å². The molecular weight excluding hydrogens is 488 g/mol. The summed E-state index contributed by atoms with van der Waals surface area (Å²) in [5.74, 6) is 0.471. The summed E-state index contributed by atoms with van der Waals surface area (Å²) >= 11 is 0. The van der Waals surface area contributed by atoms with Crippen LogP contribution in [-0.2, 0) is 0 Å². The van der Waals surface area contributed by atoms with Crippen molar-refractivity contribution in [1.82, 2.24) is 0 Å². The number of ether oxygens (including phenoxy) is 3. The van der Waals surface area contributed by atoms with Gasteiger partial charge in [0.05, 0.1) is 18.8 Å². The number of nitrogens with zero attached hydrogens (tertiary/aromatic N) is 2. The molecule has 0 N–H and O–H groups in total. The minimum absolute atomic E-state index is 0.00170. The van der Waals surface area contributed by atoms with Gasteiger partial charge in [0.2, 0.25) is 0 Å². The Morgan fingerprint density at radius 1 is 0.615 bits per heavy atom. The summed E-state index contributed by atoms with van der Waals surface area (Å²) < 4.78 is 17.1. The summed E-state index contributed by atoms with van der Waals surface area (Å²) in [5.41, 5.74) is 0.415. The number of hydrogen-bond donors (Lipinski definition) is 0. The SMILES string of the molecule is CCCCCCCCCCOc1ccc(OC(=O)c2ccc(OCCCCCCCC)cc2)c(C#N)c1C#N. The van der Waals surface area contributed by atoms with Crippen LogP contribution in [0.2, 0.25) is 0 Å². The first kappa shape index (κ1) is 31.7. The normalized spacial score (nSPS) is 10.5. The molecule has 0 spiro atoms. The molecular formula is C33H44N2O4. The summed E-state index contributed by atoms with van der Waals surface area (Å²) in [5, 5.41) is 19.4. The fourth-order valence-corrected chi connectivity index (χ4v) is 4.33. The summed E-state index contributed by atoms with van der Waals surface area (Å²) in [6, 6.07) is 13.9. The average Bonchev–Trinajstić information content (AvgIpc) is 2.96. The molecule has 0 aliphatic heterocycles. The van der Waals surface area contributed by atoms with Crippen LogP contribution in [0.25, 0.3) is 0 Å². The highest BCUT2D eigenvalue weighted by molar-refractivity contribution is 5.91. The molecule has 0 fully saturated rings. The number of carbonyl (C=O) groups excluding carboxylic acids is 1. The van der Waals surface area contributed by atoms with E-state index in [1.165, 1.54) is 70.3 Å². The van der Waals surface area contributed by atoms with Crippen LogP contribution in [0, 0.1) is 22.7 Å². The molecule has 0 saturated heterocycles. The minimum Gasteiger partial charge on any atom is -0.494 e. The number of esters is 1. The van der Waals surface area contributed by atoms with Gasteiger partial charge in [0.25, 0.3) is 0 Å². The molecule has 0 heterocycles. The predicted octanol–water partition coefficient (Wildman–Crippen LogP) is 8.91. The molecule has 0 radical (unpaired) electrons. The first-order valence-corrected chi connectivity index (χ1v) is 14.7. The lowest BCUT2D eigenvalue weighted by Crippen LogP contribution is -2.10. The van der Waals surface area contributed by atoms with Crippen LogP contribution in [0.3, 0.4) is 0 Å². The third-order valence-electron chi connectivity index (χ3n) is 6.67. The van der Waals surface area contributed by atoms with Crippen molar-refractivity contribution >= 4 is 5.97 Å². The smallest absolute Gasteiger partial charge is 0.343 e. The van der Waals surface area contributed by atoms with Crippen LogP contribution in [0.4, 0.5) is 0 Å². The fraction of sp³-hybridized carbons (Fsp3) is 0.545. The number of rotatable bonds is 20. The molecule has 0 saturated carbocycles. The maximum atomic E-state index is 12.7. The Bertz CT molecular complexity index is 1070. The van der Waals surface area contributed by atoms with Gasteiger partial charge in [-0.05, 0) is 49.2 Å². The second-order valence-electron chi connectivity index (χ2n) is 9.89. The van der Waals surface area contributed by atoms with Gasteiger partial charge in [0.1, 0.15) is 34.8 Å². The summed E-state index contributed by atoms with van der Waals surface area (Å²) in [7, 11) is 0. The Morgan fingerprint density at radius 2 is 1.08 bits per heavy atom. The van der Waals surface area contributed by atoms with E-state index in [0.29, 0.717) is 30.3 Å². The average molecular weight is 533 g/mol. The number of benzene rings is 2. The Hall–Kier alpha value is -3.51. The monoisotopic (exact) mass is 532 g/mol. The van der Waals surface area contributed by atoms with Gasteiger partial charge in [-0.3, -0.25) is 0 Å². The van der Waals surface area contributed by atoms with Crippen molar-refractivity contribution in [3.8, 4) is 29.4 Å². The lowest BCUT2D eigenvalue weighted by Gasteiger charge is -2.12. The third-order valence-corrected chi connectivity index (χ3v) is 6.67. The van der Waals surface area contributed by atoms with Crippen LogP contribution >= 0.6 is 0 Å². The number of carbonyl (C=O) groups is 1. The quantitative estimate of drug-likeness (QED) is 0.0960. The summed E-state index contributed by atoms with van der Waals surface area (Å²) in [6.45, 7) is 5.54. The van der Waals surface area contributed by atoms with Gasteiger partial charge in [0.15, 0.2) is 5.75 Å². The van der Waals surface area contributed by atoms with Crippen LogP contribution in [0.15, 0.2) is 36.4 Å². The van der Waals surface area contributed by atoms with Crippen molar-refractivity contribution in [1.29, 1.82) is 10.5 Å². The van der Waals surface area contributed by atoms with Crippen molar-refractivity contribution in [3.63, 3.8) is 0 Å². The lowest BCUT2D eigenvalue weighted by atomic mass is 10.1. The van der Waals surface area contributed by atoms with E-state index in [4.69, 9.17) is 14.2 Å². The Balaban J connectivity index is 1.85. The molecule has 0 bridgehead atoms. The third kappa shape index (κ3) is 11.8. The zero-order chi connectivity index (χ0) is 28.1.